The smallest absolute Gasteiger partial charge is 0.350 e. The maximum Gasteiger partial charge on any atom is 0.350 e. The lowest BCUT2D eigenvalue weighted by molar-refractivity contribution is 0.0211. The molecule has 1 aromatic rings. The van der Waals surface area contributed by atoms with Gasteiger partial charge in [0, 0.05) is 13.1 Å². The Hall–Kier alpha value is -1.18. The van der Waals surface area contributed by atoms with Crippen LogP contribution in [0.25, 0.3) is 0 Å². The second-order valence-corrected chi connectivity index (χ2v) is 4.17. The van der Waals surface area contributed by atoms with Crippen molar-refractivity contribution in [1.29, 1.82) is 0 Å². The standard InChI is InChI=1S/C9H13N3O3S/c1-2-14-8(13)7-5-10-9(16-7)12-4-3-11-15-6-12/h5,11H,2-4,6H2,1H3. The zero-order chi connectivity index (χ0) is 11.4. The maximum absolute atomic E-state index is 11.4. The van der Waals surface area contributed by atoms with E-state index in [1.54, 1.807) is 13.1 Å². The summed E-state index contributed by atoms with van der Waals surface area (Å²) in [6.45, 7) is 4.16. The third-order valence-corrected chi connectivity index (χ3v) is 3.09. The molecule has 1 fully saturated rings. The van der Waals surface area contributed by atoms with E-state index in [-0.39, 0.29) is 5.97 Å². The fraction of sp³-hybridized carbons (Fsp3) is 0.556. The lowest BCUT2D eigenvalue weighted by Gasteiger charge is -2.25. The molecule has 0 radical (unpaired) electrons. The molecule has 0 spiro atoms. The van der Waals surface area contributed by atoms with Crippen molar-refractivity contribution in [3.63, 3.8) is 0 Å². The molecule has 1 aliphatic heterocycles. The molecule has 7 heteroatoms. The van der Waals surface area contributed by atoms with Gasteiger partial charge in [-0.25, -0.2) is 9.78 Å². The third kappa shape index (κ3) is 2.49. The number of aromatic nitrogens is 1. The summed E-state index contributed by atoms with van der Waals surface area (Å²) in [6, 6.07) is 0. The van der Waals surface area contributed by atoms with Crippen molar-refractivity contribution >= 4 is 22.4 Å². The lowest BCUT2D eigenvalue weighted by Crippen LogP contribution is -2.41. The Kier molecular flexibility index (Phi) is 3.70. The first kappa shape index (κ1) is 11.3. The van der Waals surface area contributed by atoms with Crippen LogP contribution in [0.5, 0.6) is 0 Å². The minimum absolute atomic E-state index is 0.317. The molecule has 2 heterocycles. The fourth-order valence-corrected chi connectivity index (χ4v) is 2.12. The zero-order valence-electron chi connectivity index (χ0n) is 8.93. The van der Waals surface area contributed by atoms with Crippen molar-refractivity contribution in [3.05, 3.63) is 11.1 Å². The minimum Gasteiger partial charge on any atom is -0.462 e. The molecule has 1 N–H and O–H groups in total. The van der Waals surface area contributed by atoms with E-state index in [9.17, 15) is 4.79 Å². The fourth-order valence-electron chi connectivity index (χ4n) is 1.30. The largest absolute Gasteiger partial charge is 0.462 e. The molecule has 1 aromatic heterocycles. The van der Waals surface area contributed by atoms with Crippen molar-refractivity contribution in [2.24, 2.45) is 0 Å². The number of thiazole rings is 1. The number of nitrogens with zero attached hydrogens (tertiary/aromatic N) is 2. The zero-order valence-corrected chi connectivity index (χ0v) is 9.75. The molecular formula is C9H13N3O3S. The molecule has 0 amide bonds. The molecule has 1 aliphatic rings. The number of ether oxygens (including phenoxy) is 1. The Morgan fingerprint density at radius 3 is 3.38 bits per heavy atom. The first-order chi connectivity index (χ1) is 7.81. The van der Waals surface area contributed by atoms with Crippen molar-refractivity contribution in [3.8, 4) is 0 Å². The SMILES string of the molecule is CCOC(=O)c1cnc(N2CCNOC2)s1. The van der Waals surface area contributed by atoms with E-state index in [0.717, 1.165) is 18.2 Å². The Morgan fingerprint density at radius 1 is 1.81 bits per heavy atom. The van der Waals surface area contributed by atoms with Crippen LogP contribution in [0.15, 0.2) is 6.20 Å². The van der Waals surface area contributed by atoms with Gasteiger partial charge in [-0.2, -0.15) is 5.48 Å². The highest BCUT2D eigenvalue weighted by Gasteiger charge is 2.17. The van der Waals surface area contributed by atoms with Crippen LogP contribution in [0.4, 0.5) is 5.13 Å². The quantitative estimate of drug-likeness (QED) is 0.785. The summed E-state index contributed by atoms with van der Waals surface area (Å²) in [5.74, 6) is -0.317. The summed E-state index contributed by atoms with van der Waals surface area (Å²) >= 11 is 1.32. The van der Waals surface area contributed by atoms with Crippen LogP contribution in [-0.4, -0.2) is 37.4 Å². The van der Waals surface area contributed by atoms with Crippen LogP contribution < -0.4 is 10.4 Å². The predicted molar refractivity (Wildman–Crippen MR) is 59.4 cm³/mol. The number of carbonyl (C=O) groups excluding carboxylic acids is 1. The highest BCUT2D eigenvalue weighted by Crippen LogP contribution is 2.23. The van der Waals surface area contributed by atoms with Crippen molar-refractivity contribution in [1.82, 2.24) is 10.5 Å². The molecule has 0 bridgehead atoms. The van der Waals surface area contributed by atoms with Gasteiger partial charge in [-0.1, -0.05) is 11.3 Å². The number of hydrogen-bond donors (Lipinski definition) is 1. The van der Waals surface area contributed by atoms with E-state index >= 15 is 0 Å². The molecule has 88 valence electrons. The number of carbonyl (C=O) groups is 1. The monoisotopic (exact) mass is 243 g/mol. The Bertz CT molecular complexity index is 363. The topological polar surface area (TPSA) is 63.7 Å². The lowest BCUT2D eigenvalue weighted by atomic mass is 10.5. The van der Waals surface area contributed by atoms with Crippen LogP contribution in [0.3, 0.4) is 0 Å². The van der Waals surface area contributed by atoms with Gasteiger partial charge in [0.1, 0.15) is 11.6 Å². The summed E-state index contributed by atoms with van der Waals surface area (Å²) in [7, 11) is 0. The van der Waals surface area contributed by atoms with E-state index in [1.165, 1.54) is 11.3 Å². The van der Waals surface area contributed by atoms with Crippen LogP contribution in [0.1, 0.15) is 16.6 Å². The molecular weight excluding hydrogens is 230 g/mol. The average molecular weight is 243 g/mol. The first-order valence-corrected chi connectivity index (χ1v) is 5.85. The Labute approximate surface area is 97.1 Å². The average Bonchev–Trinajstić information content (AvgIpc) is 2.80. The molecule has 2 rings (SSSR count). The molecule has 0 aliphatic carbocycles. The number of hydrogen-bond acceptors (Lipinski definition) is 7. The Balaban J connectivity index is 2.03. The number of hydroxylamine groups is 1. The molecule has 0 unspecified atom stereocenters. The van der Waals surface area contributed by atoms with Gasteiger partial charge in [0.05, 0.1) is 12.8 Å². The predicted octanol–water partition coefficient (Wildman–Crippen LogP) is 0.619. The molecule has 16 heavy (non-hydrogen) atoms. The minimum atomic E-state index is -0.317. The molecule has 0 saturated carbocycles. The maximum atomic E-state index is 11.4. The van der Waals surface area contributed by atoms with Crippen molar-refractivity contribution in [2.45, 2.75) is 6.92 Å². The van der Waals surface area contributed by atoms with E-state index in [1.807, 2.05) is 4.90 Å². The van der Waals surface area contributed by atoms with Gasteiger partial charge >= 0.3 is 5.97 Å². The summed E-state index contributed by atoms with van der Waals surface area (Å²) in [5.41, 5.74) is 2.78. The Morgan fingerprint density at radius 2 is 2.69 bits per heavy atom. The summed E-state index contributed by atoms with van der Waals surface area (Å²) in [6.07, 6.45) is 1.54. The van der Waals surface area contributed by atoms with Crippen LogP contribution >= 0.6 is 11.3 Å². The molecule has 6 nitrogen and oxygen atoms in total. The van der Waals surface area contributed by atoms with E-state index in [4.69, 9.17) is 9.57 Å². The number of anilines is 1. The van der Waals surface area contributed by atoms with Crippen molar-refractivity contribution < 1.29 is 14.4 Å². The van der Waals surface area contributed by atoms with Crippen LogP contribution in [-0.2, 0) is 9.57 Å². The number of esters is 1. The van der Waals surface area contributed by atoms with Gasteiger partial charge in [0.2, 0.25) is 0 Å². The van der Waals surface area contributed by atoms with Gasteiger partial charge in [0.25, 0.3) is 0 Å². The van der Waals surface area contributed by atoms with Gasteiger partial charge in [0.15, 0.2) is 5.13 Å². The summed E-state index contributed by atoms with van der Waals surface area (Å²) < 4.78 is 4.90. The first-order valence-electron chi connectivity index (χ1n) is 5.04. The second-order valence-electron chi connectivity index (χ2n) is 3.16. The van der Waals surface area contributed by atoms with Gasteiger partial charge < -0.3 is 9.64 Å². The van der Waals surface area contributed by atoms with Gasteiger partial charge in [-0.3, -0.25) is 4.84 Å². The second kappa shape index (κ2) is 5.24. The van der Waals surface area contributed by atoms with E-state index < -0.39 is 0 Å². The normalized spacial score (nSPS) is 16.2. The number of rotatable bonds is 3. The summed E-state index contributed by atoms with van der Waals surface area (Å²) in [4.78, 5) is 23.2. The third-order valence-electron chi connectivity index (χ3n) is 2.05. The van der Waals surface area contributed by atoms with Gasteiger partial charge in [-0.15, -0.1) is 0 Å². The van der Waals surface area contributed by atoms with Crippen LogP contribution in [0, 0.1) is 0 Å². The molecule has 0 aromatic carbocycles. The summed E-state index contributed by atoms with van der Waals surface area (Å²) in [5, 5.41) is 0.782. The van der Waals surface area contributed by atoms with E-state index in [2.05, 4.69) is 10.5 Å². The van der Waals surface area contributed by atoms with Crippen molar-refractivity contribution in [2.75, 3.05) is 31.3 Å². The molecule has 0 atom stereocenters. The van der Waals surface area contributed by atoms with Gasteiger partial charge in [-0.05, 0) is 6.92 Å². The van der Waals surface area contributed by atoms with E-state index in [0.29, 0.717) is 18.2 Å². The highest BCUT2D eigenvalue weighted by atomic mass is 32.1. The van der Waals surface area contributed by atoms with Crippen LogP contribution in [0.2, 0.25) is 0 Å². The number of nitrogens with one attached hydrogen (secondary N) is 1. The highest BCUT2D eigenvalue weighted by molar-refractivity contribution is 7.17. The molecule has 1 saturated heterocycles.